The Morgan fingerprint density at radius 3 is 2.50 bits per heavy atom. The normalized spacial score (nSPS) is 28.2. The van der Waals surface area contributed by atoms with Crippen molar-refractivity contribution in [3.05, 3.63) is 58.8 Å². The van der Waals surface area contributed by atoms with Crippen molar-refractivity contribution in [2.45, 2.75) is 51.0 Å². The van der Waals surface area contributed by atoms with Gasteiger partial charge in [-0.3, -0.25) is 4.79 Å². The Balaban J connectivity index is 1.89. The van der Waals surface area contributed by atoms with Crippen LogP contribution in [0.15, 0.2) is 52.8 Å². The summed E-state index contributed by atoms with van der Waals surface area (Å²) in [5.74, 6) is 0.0227. The molecule has 0 fully saturated rings. The highest BCUT2D eigenvalue weighted by Crippen LogP contribution is 2.35. The maximum atomic E-state index is 13.0. The van der Waals surface area contributed by atoms with Crippen LogP contribution in [0.3, 0.4) is 0 Å². The molecule has 1 amide bonds. The van der Waals surface area contributed by atoms with Crippen molar-refractivity contribution >= 4 is 28.1 Å². The van der Waals surface area contributed by atoms with Crippen LogP contribution in [0, 0.1) is 0 Å². The van der Waals surface area contributed by atoms with Crippen LogP contribution in [0.2, 0.25) is 0 Å². The van der Waals surface area contributed by atoms with E-state index >= 15 is 0 Å². The number of allylic oxidation sites excluding steroid dienone is 1. The van der Waals surface area contributed by atoms with Gasteiger partial charge in [0, 0.05) is 11.4 Å². The van der Waals surface area contributed by atoms with E-state index in [9.17, 15) is 4.79 Å². The number of nitrogens with zero attached hydrogens (tertiary/aromatic N) is 2. The van der Waals surface area contributed by atoms with Gasteiger partial charge in [-0.1, -0.05) is 50.9 Å². The van der Waals surface area contributed by atoms with Crippen molar-refractivity contribution in [3.63, 3.8) is 0 Å². The summed E-state index contributed by atoms with van der Waals surface area (Å²) in [5, 5.41) is 8.72. The lowest BCUT2D eigenvalue weighted by atomic mass is 9.80. The lowest BCUT2D eigenvalue weighted by molar-refractivity contribution is -0.899. The van der Waals surface area contributed by atoms with Gasteiger partial charge in [-0.15, -0.1) is 0 Å². The van der Waals surface area contributed by atoms with E-state index in [2.05, 4.69) is 84.5 Å². The van der Waals surface area contributed by atoms with Crippen LogP contribution in [0.4, 0.5) is 0 Å². The molecule has 0 aliphatic carbocycles. The molecule has 0 radical (unpaired) electrons. The fourth-order valence-corrected chi connectivity index (χ4v) is 4.14. The van der Waals surface area contributed by atoms with E-state index < -0.39 is 0 Å². The Bertz CT molecular complexity index is 780. The predicted octanol–water partition coefficient (Wildman–Crippen LogP) is 4.37. The van der Waals surface area contributed by atoms with Gasteiger partial charge in [-0.05, 0) is 45.2 Å². The first kappa shape index (κ1) is 19.1. The summed E-state index contributed by atoms with van der Waals surface area (Å²) in [6, 6.07) is 8.73. The highest BCUT2D eigenvalue weighted by Gasteiger charge is 2.41. The van der Waals surface area contributed by atoms with Crippen LogP contribution < -0.4 is 5.32 Å². The lowest BCUT2D eigenvalue weighted by Crippen LogP contribution is -2.52. The SMILES string of the molecule is CC1=C(C[N+]2(C(C)C)C=CC=N2)C(=O)NC(C)(c2ccc(CBr)cc2)C1. The molecule has 0 saturated carbocycles. The molecule has 2 atom stereocenters. The van der Waals surface area contributed by atoms with E-state index in [1.54, 1.807) is 0 Å². The van der Waals surface area contributed by atoms with Gasteiger partial charge < -0.3 is 5.32 Å². The summed E-state index contributed by atoms with van der Waals surface area (Å²) < 4.78 is 0.455. The number of halogens is 1. The molecule has 1 N–H and O–H groups in total. The molecule has 0 spiro atoms. The Morgan fingerprint density at radius 2 is 2.00 bits per heavy atom. The predicted molar refractivity (Wildman–Crippen MR) is 110 cm³/mol. The van der Waals surface area contributed by atoms with E-state index in [0.29, 0.717) is 11.1 Å². The minimum Gasteiger partial charge on any atom is -0.343 e. The highest BCUT2D eigenvalue weighted by molar-refractivity contribution is 9.08. The third-order valence-electron chi connectivity index (χ3n) is 5.56. The smallest absolute Gasteiger partial charge is 0.253 e. The summed E-state index contributed by atoms with van der Waals surface area (Å²) in [7, 11) is 0. The molecule has 4 nitrogen and oxygen atoms in total. The fraction of sp³-hybridized carbons (Fsp3) is 0.429. The molecule has 5 heteroatoms. The quantitative estimate of drug-likeness (QED) is 0.561. The molecule has 0 aromatic heterocycles. The molecular weight excluding hydrogens is 390 g/mol. The van der Waals surface area contributed by atoms with Gasteiger partial charge in [0.05, 0.1) is 17.3 Å². The van der Waals surface area contributed by atoms with E-state index in [0.717, 1.165) is 28.5 Å². The van der Waals surface area contributed by atoms with Crippen molar-refractivity contribution in [1.82, 2.24) is 5.32 Å². The number of carbonyl (C=O) groups is 1. The summed E-state index contributed by atoms with van der Waals surface area (Å²) in [5.41, 5.74) is 4.00. The summed E-state index contributed by atoms with van der Waals surface area (Å²) in [6.45, 7) is 9.06. The van der Waals surface area contributed by atoms with Crippen LogP contribution >= 0.6 is 15.9 Å². The minimum absolute atomic E-state index is 0.0227. The number of hydrogen-bond donors (Lipinski definition) is 1. The van der Waals surface area contributed by atoms with Gasteiger partial charge in [0.1, 0.15) is 18.8 Å². The molecule has 2 unspecified atom stereocenters. The molecule has 0 saturated heterocycles. The zero-order valence-electron chi connectivity index (χ0n) is 15.9. The first-order chi connectivity index (χ1) is 12.3. The summed E-state index contributed by atoms with van der Waals surface area (Å²) in [6.07, 6.45) is 6.68. The topological polar surface area (TPSA) is 41.5 Å². The van der Waals surface area contributed by atoms with Crippen LogP contribution in [-0.2, 0) is 15.7 Å². The molecule has 1 aromatic rings. The number of rotatable bonds is 5. The number of alkyl halides is 1. The average molecular weight is 417 g/mol. The second kappa shape index (κ2) is 7.12. The molecular formula is C21H27BrN3O+. The van der Waals surface area contributed by atoms with E-state index in [4.69, 9.17) is 0 Å². The maximum Gasteiger partial charge on any atom is 0.253 e. The Morgan fingerprint density at radius 1 is 1.31 bits per heavy atom. The van der Waals surface area contributed by atoms with Crippen LogP contribution in [0.1, 0.15) is 45.2 Å². The Labute approximate surface area is 164 Å². The minimum atomic E-state index is -0.373. The standard InChI is InChI=1S/C21H26BrN3O/c1-15(2)25(11-5-10-23-25)14-19-16(3)12-21(4,24-20(19)26)18-8-6-17(13-22)7-9-18/h5-11,15H,12-14H2,1-4H3/p+1. The second-order valence-electron chi connectivity index (χ2n) is 7.80. The molecule has 2 heterocycles. The largest absolute Gasteiger partial charge is 0.343 e. The number of hydrogen-bond acceptors (Lipinski definition) is 2. The Kier molecular flexibility index (Phi) is 5.22. The van der Waals surface area contributed by atoms with Gasteiger partial charge in [0.15, 0.2) is 0 Å². The molecule has 2 aliphatic rings. The zero-order chi connectivity index (χ0) is 18.9. The van der Waals surface area contributed by atoms with E-state index in [1.807, 2.05) is 12.3 Å². The van der Waals surface area contributed by atoms with Crippen LogP contribution in [-0.4, -0.2) is 29.3 Å². The molecule has 0 bridgehead atoms. The van der Waals surface area contributed by atoms with E-state index in [-0.39, 0.29) is 17.5 Å². The van der Waals surface area contributed by atoms with Gasteiger partial charge >= 0.3 is 0 Å². The number of amides is 1. The highest BCUT2D eigenvalue weighted by atomic mass is 79.9. The number of nitrogens with one attached hydrogen (secondary N) is 1. The Hall–Kier alpha value is -1.72. The van der Waals surface area contributed by atoms with Crippen molar-refractivity contribution in [1.29, 1.82) is 0 Å². The van der Waals surface area contributed by atoms with Crippen molar-refractivity contribution in [3.8, 4) is 0 Å². The van der Waals surface area contributed by atoms with Crippen molar-refractivity contribution in [2.75, 3.05) is 6.54 Å². The van der Waals surface area contributed by atoms with E-state index in [1.165, 1.54) is 5.56 Å². The van der Waals surface area contributed by atoms with Gasteiger partial charge in [-0.25, -0.2) is 0 Å². The number of carbonyl (C=O) groups excluding carboxylic acids is 1. The number of benzene rings is 1. The second-order valence-corrected chi connectivity index (χ2v) is 8.36. The summed E-state index contributed by atoms with van der Waals surface area (Å²) in [4.78, 5) is 13.0. The van der Waals surface area contributed by atoms with Gasteiger partial charge in [0.25, 0.3) is 5.91 Å². The first-order valence-corrected chi connectivity index (χ1v) is 10.2. The van der Waals surface area contributed by atoms with Crippen LogP contribution in [0.5, 0.6) is 0 Å². The van der Waals surface area contributed by atoms with Crippen molar-refractivity contribution in [2.24, 2.45) is 5.10 Å². The third kappa shape index (κ3) is 3.42. The zero-order valence-corrected chi connectivity index (χ0v) is 17.5. The molecule has 26 heavy (non-hydrogen) atoms. The van der Waals surface area contributed by atoms with Crippen LogP contribution in [0.25, 0.3) is 0 Å². The monoisotopic (exact) mass is 416 g/mol. The maximum absolute atomic E-state index is 13.0. The average Bonchev–Trinajstić information content (AvgIpc) is 3.08. The fourth-order valence-electron chi connectivity index (χ4n) is 3.77. The van der Waals surface area contributed by atoms with Crippen molar-refractivity contribution < 1.29 is 9.39 Å². The molecule has 3 rings (SSSR count). The van der Waals surface area contributed by atoms with Gasteiger partial charge in [-0.2, -0.15) is 4.59 Å². The molecule has 2 aliphatic heterocycles. The third-order valence-corrected chi connectivity index (χ3v) is 6.21. The molecule has 1 aromatic carbocycles. The summed E-state index contributed by atoms with van der Waals surface area (Å²) >= 11 is 3.48. The first-order valence-electron chi connectivity index (χ1n) is 9.07. The van der Waals surface area contributed by atoms with Gasteiger partial charge in [0.2, 0.25) is 0 Å². The molecule has 138 valence electrons. The lowest BCUT2D eigenvalue weighted by Gasteiger charge is -2.39. The number of quaternary nitrogens is 1.